The second kappa shape index (κ2) is 5.43. The van der Waals surface area contributed by atoms with E-state index >= 15 is 0 Å². The summed E-state index contributed by atoms with van der Waals surface area (Å²) in [5.74, 6) is 0.526. The Morgan fingerprint density at radius 2 is 2.19 bits per heavy atom. The molecule has 0 radical (unpaired) electrons. The minimum Gasteiger partial charge on any atom is -0.332 e. The molecule has 0 aromatic carbocycles. The predicted molar refractivity (Wildman–Crippen MR) is 64.1 cm³/mol. The molecule has 0 saturated heterocycles. The molecule has 0 bridgehead atoms. The number of imidazole rings is 1. The largest absolute Gasteiger partial charge is 0.332 e. The fourth-order valence-corrected chi connectivity index (χ4v) is 1.52. The summed E-state index contributed by atoms with van der Waals surface area (Å²) in [7, 11) is 0. The molecule has 0 fully saturated rings. The van der Waals surface area contributed by atoms with E-state index in [2.05, 4.69) is 17.2 Å². The zero-order valence-corrected chi connectivity index (χ0v) is 10.6. The van der Waals surface area contributed by atoms with Gasteiger partial charge < -0.3 is 9.88 Å². The smallest absolute Gasteiger partial charge is 0.170 e. The summed E-state index contributed by atoms with van der Waals surface area (Å²) >= 11 is 0. The summed E-state index contributed by atoms with van der Waals surface area (Å²) in [5.41, 5.74) is -0.0630. The van der Waals surface area contributed by atoms with Gasteiger partial charge in [0.05, 0.1) is 0 Å². The highest BCUT2D eigenvalue weighted by atomic mass is 19.1. The Kier molecular flexibility index (Phi) is 4.47. The van der Waals surface area contributed by atoms with Crippen molar-refractivity contribution >= 4 is 0 Å². The van der Waals surface area contributed by atoms with Crippen LogP contribution < -0.4 is 5.32 Å². The van der Waals surface area contributed by atoms with Gasteiger partial charge in [0.25, 0.3) is 0 Å². The van der Waals surface area contributed by atoms with Gasteiger partial charge in [0, 0.05) is 31.0 Å². The minimum absolute atomic E-state index is 0.0630. The van der Waals surface area contributed by atoms with E-state index < -0.39 is 6.17 Å². The van der Waals surface area contributed by atoms with E-state index in [-0.39, 0.29) is 5.54 Å². The van der Waals surface area contributed by atoms with Crippen LogP contribution >= 0.6 is 0 Å². The maximum absolute atomic E-state index is 13.9. The van der Waals surface area contributed by atoms with Crippen molar-refractivity contribution in [2.45, 2.75) is 52.4 Å². The number of nitrogens with one attached hydrogen (secondary N) is 1. The molecule has 92 valence electrons. The van der Waals surface area contributed by atoms with Crippen LogP contribution in [0.2, 0.25) is 0 Å². The predicted octanol–water partition coefficient (Wildman–Crippen LogP) is 2.69. The van der Waals surface area contributed by atoms with Gasteiger partial charge in [0.15, 0.2) is 6.17 Å². The number of nitrogens with zero attached hydrogens (tertiary/aromatic N) is 2. The summed E-state index contributed by atoms with van der Waals surface area (Å²) in [6, 6.07) is 0. The molecule has 1 heterocycles. The van der Waals surface area contributed by atoms with Gasteiger partial charge in [-0.2, -0.15) is 0 Å². The van der Waals surface area contributed by atoms with Gasteiger partial charge in [-0.15, -0.1) is 0 Å². The van der Waals surface area contributed by atoms with E-state index in [0.717, 1.165) is 13.0 Å². The van der Waals surface area contributed by atoms with Gasteiger partial charge in [0.1, 0.15) is 5.82 Å². The summed E-state index contributed by atoms with van der Waals surface area (Å²) in [5, 5.41) is 3.15. The summed E-state index contributed by atoms with van der Waals surface area (Å²) < 4.78 is 15.8. The number of aryl methyl sites for hydroxylation is 1. The van der Waals surface area contributed by atoms with E-state index in [1.807, 2.05) is 31.5 Å². The Labute approximate surface area is 97.1 Å². The van der Waals surface area contributed by atoms with Crippen molar-refractivity contribution in [1.29, 1.82) is 0 Å². The summed E-state index contributed by atoms with van der Waals surface area (Å²) in [6.07, 6.45) is 3.45. The first-order chi connectivity index (χ1) is 7.44. The van der Waals surface area contributed by atoms with Gasteiger partial charge in [-0.25, -0.2) is 9.37 Å². The zero-order chi connectivity index (χ0) is 12.2. The SMILES string of the molecule is CCCn1ccnc1C(F)CNC(C)(C)C. The van der Waals surface area contributed by atoms with Crippen LogP contribution in [-0.2, 0) is 6.54 Å². The maximum atomic E-state index is 13.9. The molecule has 1 aromatic rings. The lowest BCUT2D eigenvalue weighted by Gasteiger charge is -2.22. The van der Waals surface area contributed by atoms with Crippen LogP contribution in [0.15, 0.2) is 12.4 Å². The molecule has 0 spiro atoms. The monoisotopic (exact) mass is 227 g/mol. The molecular formula is C12H22FN3. The van der Waals surface area contributed by atoms with E-state index in [9.17, 15) is 4.39 Å². The normalized spacial score (nSPS) is 14.1. The lowest BCUT2D eigenvalue weighted by molar-refractivity contribution is 0.273. The molecule has 16 heavy (non-hydrogen) atoms. The van der Waals surface area contributed by atoms with Crippen molar-refractivity contribution in [3.63, 3.8) is 0 Å². The van der Waals surface area contributed by atoms with Crippen molar-refractivity contribution in [3.05, 3.63) is 18.2 Å². The molecule has 1 rings (SSSR count). The van der Waals surface area contributed by atoms with Gasteiger partial charge in [-0.3, -0.25) is 0 Å². The van der Waals surface area contributed by atoms with Crippen LogP contribution in [0.4, 0.5) is 4.39 Å². The van der Waals surface area contributed by atoms with Crippen LogP contribution in [0.1, 0.15) is 46.1 Å². The third kappa shape index (κ3) is 3.93. The van der Waals surface area contributed by atoms with Crippen molar-refractivity contribution < 1.29 is 4.39 Å². The number of hydrogen-bond donors (Lipinski definition) is 1. The highest BCUT2D eigenvalue weighted by molar-refractivity contribution is 4.98. The van der Waals surface area contributed by atoms with E-state index in [1.165, 1.54) is 0 Å². The van der Waals surface area contributed by atoms with Gasteiger partial charge in [0.2, 0.25) is 0 Å². The van der Waals surface area contributed by atoms with Crippen molar-refractivity contribution in [3.8, 4) is 0 Å². The van der Waals surface area contributed by atoms with E-state index in [1.54, 1.807) is 6.20 Å². The third-order valence-corrected chi connectivity index (χ3v) is 2.30. The van der Waals surface area contributed by atoms with Gasteiger partial charge >= 0.3 is 0 Å². The molecule has 1 N–H and O–H groups in total. The Hall–Kier alpha value is -0.900. The molecule has 0 aliphatic carbocycles. The van der Waals surface area contributed by atoms with Gasteiger partial charge in [-0.1, -0.05) is 6.92 Å². The van der Waals surface area contributed by atoms with Crippen LogP contribution in [-0.4, -0.2) is 21.6 Å². The van der Waals surface area contributed by atoms with Crippen molar-refractivity contribution in [2.24, 2.45) is 0 Å². The Balaban J connectivity index is 2.58. The van der Waals surface area contributed by atoms with Crippen molar-refractivity contribution in [1.82, 2.24) is 14.9 Å². The number of aromatic nitrogens is 2. The highest BCUT2D eigenvalue weighted by Gasteiger charge is 2.18. The standard InChI is InChI=1S/C12H22FN3/c1-5-7-16-8-6-14-11(16)10(13)9-15-12(2,3)4/h6,8,10,15H,5,7,9H2,1-4H3. The zero-order valence-electron chi connectivity index (χ0n) is 10.6. The first-order valence-corrected chi connectivity index (χ1v) is 5.84. The second-order valence-electron chi connectivity index (χ2n) is 5.08. The molecule has 0 aliphatic heterocycles. The minimum atomic E-state index is -1.04. The first kappa shape index (κ1) is 13.2. The van der Waals surface area contributed by atoms with Crippen LogP contribution in [0.3, 0.4) is 0 Å². The molecule has 0 amide bonds. The molecule has 0 aliphatic rings. The molecule has 1 atom stereocenters. The molecule has 1 aromatic heterocycles. The first-order valence-electron chi connectivity index (χ1n) is 5.84. The van der Waals surface area contributed by atoms with E-state index in [4.69, 9.17) is 0 Å². The summed E-state index contributed by atoms with van der Waals surface area (Å²) in [4.78, 5) is 4.08. The number of alkyl halides is 1. The Morgan fingerprint density at radius 1 is 1.50 bits per heavy atom. The Bertz CT molecular complexity index is 314. The Morgan fingerprint density at radius 3 is 2.75 bits per heavy atom. The van der Waals surface area contributed by atoms with Crippen LogP contribution in [0.5, 0.6) is 0 Å². The maximum Gasteiger partial charge on any atom is 0.170 e. The second-order valence-corrected chi connectivity index (χ2v) is 5.08. The molecule has 0 saturated carbocycles. The lowest BCUT2D eigenvalue weighted by atomic mass is 10.1. The van der Waals surface area contributed by atoms with Crippen molar-refractivity contribution in [2.75, 3.05) is 6.54 Å². The average molecular weight is 227 g/mol. The fourth-order valence-electron chi connectivity index (χ4n) is 1.52. The molecule has 1 unspecified atom stereocenters. The van der Waals surface area contributed by atoms with Crippen LogP contribution in [0.25, 0.3) is 0 Å². The quantitative estimate of drug-likeness (QED) is 0.838. The van der Waals surface area contributed by atoms with E-state index in [0.29, 0.717) is 12.4 Å². The highest BCUT2D eigenvalue weighted by Crippen LogP contribution is 2.16. The van der Waals surface area contributed by atoms with Crippen LogP contribution in [0, 0.1) is 0 Å². The average Bonchev–Trinajstić information content (AvgIpc) is 2.62. The molecule has 4 heteroatoms. The number of rotatable bonds is 5. The summed E-state index contributed by atoms with van der Waals surface area (Å²) in [6.45, 7) is 9.29. The lowest BCUT2D eigenvalue weighted by Crippen LogP contribution is -2.38. The number of halogens is 1. The van der Waals surface area contributed by atoms with Gasteiger partial charge in [-0.05, 0) is 27.2 Å². The fraction of sp³-hybridized carbons (Fsp3) is 0.750. The molecular weight excluding hydrogens is 205 g/mol. The third-order valence-electron chi connectivity index (χ3n) is 2.30. The number of hydrogen-bond acceptors (Lipinski definition) is 2. The molecule has 3 nitrogen and oxygen atoms in total. The topological polar surface area (TPSA) is 29.9 Å².